The van der Waals surface area contributed by atoms with Crippen molar-refractivity contribution >= 4 is 15.9 Å². The van der Waals surface area contributed by atoms with Crippen molar-refractivity contribution in [3.8, 4) is 11.1 Å². The molecule has 1 aliphatic heterocycles. The number of carbonyl (C=O) groups is 1. The number of carbonyl (C=O) groups excluding carboxylic acids is 1. The first-order valence-electron chi connectivity index (χ1n) is 10.6. The number of aromatic nitrogens is 2. The van der Waals surface area contributed by atoms with Crippen LogP contribution in [0.3, 0.4) is 0 Å². The molecule has 1 N–H and O–H groups in total. The smallest absolute Gasteiger partial charge is 0.349 e. The van der Waals surface area contributed by atoms with Crippen LogP contribution in [0, 0.1) is 5.82 Å². The van der Waals surface area contributed by atoms with Crippen molar-refractivity contribution in [1.29, 1.82) is 0 Å². The Morgan fingerprint density at radius 1 is 1.06 bits per heavy atom. The number of alkyl halides is 4. The average molecular weight is 526 g/mol. The van der Waals surface area contributed by atoms with Crippen LogP contribution in [0.1, 0.15) is 17.8 Å². The van der Waals surface area contributed by atoms with Crippen LogP contribution >= 0.6 is 0 Å². The lowest BCUT2D eigenvalue weighted by atomic mass is 10.1. The van der Waals surface area contributed by atoms with E-state index in [1.54, 1.807) is 6.07 Å². The van der Waals surface area contributed by atoms with Gasteiger partial charge in [-0.05, 0) is 48.0 Å². The highest BCUT2D eigenvalue weighted by Crippen LogP contribution is 2.30. The molecule has 2 unspecified atom stereocenters. The molecule has 0 radical (unpaired) electrons. The summed E-state index contributed by atoms with van der Waals surface area (Å²) < 4.78 is 92.2. The fraction of sp³-hybridized carbons (Fsp3) is 0.261. The summed E-state index contributed by atoms with van der Waals surface area (Å²) in [5.74, 6) is -1.39. The highest BCUT2D eigenvalue weighted by atomic mass is 32.2. The maximum absolute atomic E-state index is 14.2. The van der Waals surface area contributed by atoms with E-state index < -0.39 is 52.4 Å². The van der Waals surface area contributed by atoms with E-state index in [0.29, 0.717) is 16.8 Å². The van der Waals surface area contributed by atoms with Gasteiger partial charge in [0, 0.05) is 30.9 Å². The third-order valence-corrected chi connectivity index (χ3v) is 7.46. The lowest BCUT2D eigenvalue weighted by molar-refractivity contribution is -0.141. The molecule has 3 aromatic rings. The molecule has 1 saturated heterocycles. The monoisotopic (exact) mass is 526 g/mol. The van der Waals surface area contributed by atoms with Crippen LogP contribution < -0.4 is 5.32 Å². The molecular weight excluding hydrogens is 507 g/mol. The first kappa shape index (κ1) is 25.6. The number of benzene rings is 1. The van der Waals surface area contributed by atoms with E-state index in [0.717, 1.165) is 40.8 Å². The molecule has 190 valence electrons. The Labute approximate surface area is 203 Å². The van der Waals surface area contributed by atoms with E-state index in [4.69, 9.17) is 0 Å². The van der Waals surface area contributed by atoms with Crippen LogP contribution in [0.25, 0.3) is 11.1 Å². The van der Waals surface area contributed by atoms with Crippen molar-refractivity contribution in [3.63, 3.8) is 0 Å². The molecular formula is C23H19F5N4O3S. The molecule has 7 nitrogen and oxygen atoms in total. The second kappa shape index (κ2) is 9.90. The molecule has 4 rings (SSSR count). The fourth-order valence-electron chi connectivity index (χ4n) is 3.78. The summed E-state index contributed by atoms with van der Waals surface area (Å²) in [7, 11) is -4.26. The number of halogens is 5. The molecule has 1 fully saturated rings. The van der Waals surface area contributed by atoms with Gasteiger partial charge >= 0.3 is 6.18 Å². The van der Waals surface area contributed by atoms with Crippen LogP contribution in [0.15, 0.2) is 65.8 Å². The molecule has 0 aliphatic carbocycles. The van der Waals surface area contributed by atoms with Crippen LogP contribution in [0.4, 0.5) is 22.0 Å². The van der Waals surface area contributed by atoms with E-state index in [9.17, 15) is 35.2 Å². The largest absolute Gasteiger partial charge is 0.433 e. The minimum absolute atomic E-state index is 0.140. The number of pyridine rings is 2. The van der Waals surface area contributed by atoms with Crippen molar-refractivity contribution in [2.24, 2.45) is 0 Å². The zero-order valence-corrected chi connectivity index (χ0v) is 19.2. The van der Waals surface area contributed by atoms with Gasteiger partial charge in [-0.15, -0.1) is 0 Å². The summed E-state index contributed by atoms with van der Waals surface area (Å²) in [4.78, 5) is 20.1. The maximum Gasteiger partial charge on any atom is 0.433 e. The highest BCUT2D eigenvalue weighted by molar-refractivity contribution is 7.89. The van der Waals surface area contributed by atoms with Gasteiger partial charge in [-0.2, -0.15) is 17.5 Å². The predicted molar refractivity (Wildman–Crippen MR) is 118 cm³/mol. The van der Waals surface area contributed by atoms with Crippen molar-refractivity contribution in [1.82, 2.24) is 19.6 Å². The van der Waals surface area contributed by atoms with Crippen molar-refractivity contribution in [2.45, 2.75) is 36.3 Å². The van der Waals surface area contributed by atoms with Gasteiger partial charge in [-0.3, -0.25) is 14.8 Å². The Morgan fingerprint density at radius 2 is 1.78 bits per heavy atom. The molecule has 13 heteroatoms. The van der Waals surface area contributed by atoms with Crippen molar-refractivity contribution < 1.29 is 35.2 Å². The Balaban J connectivity index is 1.46. The minimum Gasteiger partial charge on any atom is -0.349 e. The second-order valence-corrected chi connectivity index (χ2v) is 9.95. The van der Waals surface area contributed by atoms with Gasteiger partial charge in [0.25, 0.3) is 0 Å². The number of rotatable bonds is 6. The quantitative estimate of drug-likeness (QED) is 0.495. The van der Waals surface area contributed by atoms with E-state index in [-0.39, 0.29) is 17.9 Å². The summed E-state index contributed by atoms with van der Waals surface area (Å²) >= 11 is 0. The van der Waals surface area contributed by atoms with Gasteiger partial charge in [0.15, 0.2) is 0 Å². The number of hydrogen-bond acceptors (Lipinski definition) is 5. The summed E-state index contributed by atoms with van der Waals surface area (Å²) in [5, 5.41) is 2.53. The lowest BCUT2D eigenvalue weighted by Gasteiger charge is -2.23. The molecule has 0 bridgehead atoms. The zero-order valence-electron chi connectivity index (χ0n) is 18.4. The number of nitrogens with one attached hydrogen (secondary N) is 1. The Hall–Kier alpha value is -3.45. The second-order valence-electron chi connectivity index (χ2n) is 8.06. The molecule has 2 atom stereocenters. The minimum atomic E-state index is -4.57. The van der Waals surface area contributed by atoms with Gasteiger partial charge in [0.05, 0.1) is 17.1 Å². The molecule has 0 saturated carbocycles. The molecule has 3 heterocycles. The summed E-state index contributed by atoms with van der Waals surface area (Å²) in [5.41, 5.74) is 0.199. The van der Waals surface area contributed by atoms with E-state index >= 15 is 0 Å². The average Bonchev–Trinajstić information content (AvgIpc) is 3.25. The van der Waals surface area contributed by atoms with Crippen LogP contribution in [-0.2, 0) is 27.5 Å². The molecule has 1 aromatic carbocycles. The molecule has 1 amide bonds. The lowest BCUT2D eigenvalue weighted by Crippen LogP contribution is -2.45. The van der Waals surface area contributed by atoms with Gasteiger partial charge in [0.2, 0.25) is 15.9 Å². The van der Waals surface area contributed by atoms with E-state index in [2.05, 4.69) is 15.3 Å². The van der Waals surface area contributed by atoms with E-state index in [1.807, 2.05) is 0 Å². The molecule has 1 aliphatic rings. The van der Waals surface area contributed by atoms with E-state index in [1.165, 1.54) is 18.3 Å². The predicted octanol–water partition coefficient (Wildman–Crippen LogP) is 3.72. The first-order valence-corrected chi connectivity index (χ1v) is 12.1. The Bertz CT molecular complexity index is 1350. The third kappa shape index (κ3) is 5.51. The van der Waals surface area contributed by atoms with Crippen LogP contribution in [0.5, 0.6) is 0 Å². The number of amides is 1. The standard InChI is InChI=1S/C23H19F5N4O3S/c24-16-2-4-19(5-3-16)36(34,35)32-13-17(25)10-20(32)22(33)31-12-18-9-14(7-8-29-18)15-1-6-21(30-11-15)23(26,27)28/h1-9,11,17,20H,10,12-13H2,(H,31,33). The fourth-order valence-corrected chi connectivity index (χ4v) is 5.41. The van der Waals surface area contributed by atoms with Gasteiger partial charge < -0.3 is 5.32 Å². The molecule has 2 aromatic heterocycles. The number of hydrogen-bond donors (Lipinski definition) is 1. The van der Waals surface area contributed by atoms with Crippen molar-refractivity contribution in [2.75, 3.05) is 6.54 Å². The Morgan fingerprint density at radius 3 is 2.42 bits per heavy atom. The Kier molecular flexibility index (Phi) is 7.05. The topological polar surface area (TPSA) is 92.3 Å². The first-order chi connectivity index (χ1) is 16.9. The summed E-state index contributed by atoms with van der Waals surface area (Å²) in [6, 6.07) is 7.85. The number of sulfonamides is 1. The summed E-state index contributed by atoms with van der Waals surface area (Å²) in [6.45, 7) is -0.662. The summed E-state index contributed by atoms with van der Waals surface area (Å²) in [6.07, 6.45) is -4.02. The third-order valence-electron chi connectivity index (χ3n) is 5.58. The highest BCUT2D eigenvalue weighted by Gasteiger charge is 2.44. The molecule has 0 spiro atoms. The van der Waals surface area contributed by atoms with Gasteiger partial charge in [0.1, 0.15) is 23.7 Å². The van der Waals surface area contributed by atoms with Gasteiger partial charge in [-0.1, -0.05) is 6.07 Å². The normalized spacial score (nSPS) is 18.8. The number of nitrogens with zero attached hydrogens (tertiary/aromatic N) is 3. The van der Waals surface area contributed by atoms with Crippen LogP contribution in [-0.4, -0.2) is 47.4 Å². The SMILES string of the molecule is O=C(NCc1cc(-c2ccc(C(F)(F)F)nc2)ccn1)C1CC(F)CN1S(=O)(=O)c1ccc(F)cc1. The molecule has 36 heavy (non-hydrogen) atoms. The van der Waals surface area contributed by atoms with Crippen molar-refractivity contribution in [3.05, 3.63) is 78.1 Å². The maximum atomic E-state index is 14.2. The zero-order chi connectivity index (χ0) is 26.1. The van der Waals surface area contributed by atoms with Crippen LogP contribution in [0.2, 0.25) is 0 Å². The van der Waals surface area contributed by atoms with Gasteiger partial charge in [-0.25, -0.2) is 17.2 Å².